The minimum Gasteiger partial charge on any atom is -0.281 e. The second-order valence-electron chi connectivity index (χ2n) is 5.30. The number of amides is 1. The van der Waals surface area contributed by atoms with Crippen molar-refractivity contribution in [3.63, 3.8) is 0 Å². The molecule has 4 heteroatoms. The van der Waals surface area contributed by atoms with Crippen LogP contribution in [0.25, 0.3) is 0 Å². The summed E-state index contributed by atoms with van der Waals surface area (Å²) >= 11 is 0. The predicted octanol–water partition coefficient (Wildman–Crippen LogP) is 3.94. The van der Waals surface area contributed by atoms with E-state index in [1.807, 2.05) is 36.4 Å². The second kappa shape index (κ2) is 6.87. The van der Waals surface area contributed by atoms with Gasteiger partial charge in [-0.2, -0.15) is 0 Å². The van der Waals surface area contributed by atoms with Gasteiger partial charge < -0.3 is 0 Å². The Bertz CT molecular complexity index is 822. The topological polar surface area (TPSA) is 50.3 Å². The van der Waals surface area contributed by atoms with Gasteiger partial charge in [0.15, 0.2) is 0 Å². The molecule has 4 nitrogen and oxygen atoms in total. The number of hydrogen-bond acceptors (Lipinski definition) is 3. The Morgan fingerprint density at radius 2 is 1.29 bits per heavy atom. The molecule has 0 spiro atoms. The van der Waals surface area contributed by atoms with Crippen molar-refractivity contribution in [1.82, 2.24) is 4.98 Å². The molecular weight excluding hydrogens is 300 g/mol. The molecule has 1 amide bonds. The summed E-state index contributed by atoms with van der Waals surface area (Å²) in [5.74, 6) is -1.27. The van der Waals surface area contributed by atoms with Crippen molar-refractivity contribution < 1.29 is 9.59 Å². The number of ketones is 1. The van der Waals surface area contributed by atoms with Crippen LogP contribution in [-0.4, -0.2) is 16.7 Å². The smallest absolute Gasteiger partial charge is 0.281 e. The molecule has 24 heavy (non-hydrogen) atoms. The van der Waals surface area contributed by atoms with Crippen molar-refractivity contribution in [3.05, 3.63) is 90.3 Å². The molecule has 0 aliphatic carbocycles. The van der Waals surface area contributed by atoms with Gasteiger partial charge in [0.1, 0.15) is 5.69 Å². The van der Waals surface area contributed by atoms with Crippen molar-refractivity contribution in [2.24, 2.45) is 0 Å². The molecule has 0 N–H and O–H groups in total. The van der Waals surface area contributed by atoms with Crippen LogP contribution in [0.5, 0.6) is 0 Å². The number of hydrogen-bond donors (Lipinski definition) is 0. The van der Waals surface area contributed by atoms with Crippen LogP contribution in [0, 0.1) is 6.92 Å². The molecule has 3 aromatic rings. The van der Waals surface area contributed by atoms with Gasteiger partial charge in [0.2, 0.25) is 0 Å². The predicted molar refractivity (Wildman–Crippen MR) is 93.3 cm³/mol. The van der Waals surface area contributed by atoms with E-state index < -0.39 is 11.7 Å². The highest BCUT2D eigenvalue weighted by molar-refractivity contribution is 6.48. The quantitative estimate of drug-likeness (QED) is 0.541. The molecule has 1 heterocycles. The number of rotatable bonds is 4. The summed E-state index contributed by atoms with van der Waals surface area (Å²) in [6, 6.07) is 23.3. The minimum atomic E-state index is -0.634. The average Bonchev–Trinajstić information content (AvgIpc) is 2.63. The van der Waals surface area contributed by atoms with Crippen molar-refractivity contribution in [2.45, 2.75) is 6.92 Å². The van der Waals surface area contributed by atoms with Crippen LogP contribution in [-0.2, 0) is 4.79 Å². The summed E-state index contributed by atoms with van der Waals surface area (Å²) in [6.07, 6.45) is 0. The van der Waals surface area contributed by atoms with E-state index in [0.29, 0.717) is 17.1 Å². The first-order chi connectivity index (χ1) is 11.7. The fraction of sp³-hybridized carbons (Fsp3) is 0.0500. The number of anilines is 2. The van der Waals surface area contributed by atoms with E-state index in [4.69, 9.17) is 0 Å². The first-order valence-corrected chi connectivity index (χ1v) is 7.59. The monoisotopic (exact) mass is 316 g/mol. The summed E-state index contributed by atoms with van der Waals surface area (Å²) in [5, 5.41) is 0. The molecule has 0 unspecified atom stereocenters. The molecule has 0 aliphatic rings. The first-order valence-electron chi connectivity index (χ1n) is 7.59. The van der Waals surface area contributed by atoms with Gasteiger partial charge in [-0.1, -0.05) is 42.5 Å². The number of para-hydroxylation sites is 2. The molecule has 1 aromatic heterocycles. The Hall–Kier alpha value is -3.27. The zero-order valence-corrected chi connectivity index (χ0v) is 13.2. The third-order valence-corrected chi connectivity index (χ3v) is 3.55. The van der Waals surface area contributed by atoms with E-state index in [-0.39, 0.29) is 5.69 Å². The largest absolute Gasteiger partial charge is 0.305 e. The molecule has 0 bridgehead atoms. The zero-order chi connectivity index (χ0) is 16.9. The molecule has 0 aliphatic heterocycles. The number of carbonyl (C=O) groups is 2. The lowest BCUT2D eigenvalue weighted by Gasteiger charge is -2.22. The van der Waals surface area contributed by atoms with Gasteiger partial charge in [-0.05, 0) is 43.3 Å². The number of aromatic nitrogens is 1. The maximum absolute atomic E-state index is 12.9. The van der Waals surface area contributed by atoms with Crippen molar-refractivity contribution >= 4 is 23.1 Å². The van der Waals surface area contributed by atoms with E-state index in [2.05, 4.69) is 4.98 Å². The molecule has 2 aromatic carbocycles. The number of carbonyl (C=O) groups excluding carboxylic acids is 2. The Labute approximate surface area is 140 Å². The van der Waals surface area contributed by atoms with Gasteiger partial charge in [0, 0.05) is 17.1 Å². The Morgan fingerprint density at radius 3 is 1.79 bits per heavy atom. The molecule has 3 rings (SSSR count). The van der Waals surface area contributed by atoms with Crippen LogP contribution < -0.4 is 4.90 Å². The van der Waals surface area contributed by atoms with E-state index in [9.17, 15) is 9.59 Å². The molecule has 0 fully saturated rings. The fourth-order valence-corrected chi connectivity index (χ4v) is 2.42. The van der Waals surface area contributed by atoms with Crippen LogP contribution in [0.1, 0.15) is 16.2 Å². The second-order valence-corrected chi connectivity index (χ2v) is 5.30. The Kier molecular flexibility index (Phi) is 4.47. The van der Waals surface area contributed by atoms with Crippen LogP contribution in [0.4, 0.5) is 11.4 Å². The van der Waals surface area contributed by atoms with Crippen molar-refractivity contribution in [1.29, 1.82) is 0 Å². The average molecular weight is 316 g/mol. The maximum Gasteiger partial charge on any atom is 0.305 e. The first kappa shape index (κ1) is 15.6. The van der Waals surface area contributed by atoms with Gasteiger partial charge in [0.05, 0.1) is 0 Å². The number of nitrogens with zero attached hydrogens (tertiary/aromatic N) is 2. The summed E-state index contributed by atoms with van der Waals surface area (Å²) in [4.78, 5) is 31.1. The standard InChI is InChI=1S/C20H16N2O2/c1-15-9-8-14-18(21-15)19(23)20(24)22(16-10-4-2-5-11-16)17-12-6-3-7-13-17/h2-14H,1H3. The van der Waals surface area contributed by atoms with Gasteiger partial charge in [-0.25, -0.2) is 4.98 Å². The zero-order valence-electron chi connectivity index (χ0n) is 13.2. The highest BCUT2D eigenvalue weighted by Gasteiger charge is 2.26. The third-order valence-electron chi connectivity index (χ3n) is 3.55. The summed E-state index contributed by atoms with van der Waals surface area (Å²) < 4.78 is 0. The Morgan fingerprint density at radius 1 is 0.750 bits per heavy atom. The molecule has 118 valence electrons. The van der Waals surface area contributed by atoms with Gasteiger partial charge in [0.25, 0.3) is 5.78 Å². The van der Waals surface area contributed by atoms with Crippen LogP contribution in [0.15, 0.2) is 78.9 Å². The lowest BCUT2D eigenvalue weighted by atomic mass is 10.1. The molecular formula is C20H16N2O2. The highest BCUT2D eigenvalue weighted by atomic mass is 16.2. The lowest BCUT2D eigenvalue weighted by molar-refractivity contribution is -0.114. The van der Waals surface area contributed by atoms with Crippen molar-refractivity contribution in [3.8, 4) is 0 Å². The van der Waals surface area contributed by atoms with E-state index in [1.54, 1.807) is 49.4 Å². The number of Topliss-reactive ketones (excluding diaryl/α,β-unsaturated/α-hetero) is 1. The molecule has 0 saturated heterocycles. The van der Waals surface area contributed by atoms with Crippen LogP contribution in [0.2, 0.25) is 0 Å². The third kappa shape index (κ3) is 3.22. The summed E-state index contributed by atoms with van der Waals surface area (Å²) in [7, 11) is 0. The van der Waals surface area contributed by atoms with E-state index >= 15 is 0 Å². The van der Waals surface area contributed by atoms with Crippen molar-refractivity contribution in [2.75, 3.05) is 4.90 Å². The Balaban J connectivity index is 2.03. The molecule has 0 atom stereocenters. The minimum absolute atomic E-state index is 0.150. The maximum atomic E-state index is 12.9. The number of aryl methyl sites for hydroxylation is 1. The van der Waals surface area contributed by atoms with E-state index in [0.717, 1.165) is 0 Å². The van der Waals surface area contributed by atoms with Crippen LogP contribution >= 0.6 is 0 Å². The summed E-state index contributed by atoms with van der Waals surface area (Å²) in [6.45, 7) is 1.79. The highest BCUT2D eigenvalue weighted by Crippen LogP contribution is 2.25. The molecule has 0 saturated carbocycles. The number of benzene rings is 2. The summed E-state index contributed by atoms with van der Waals surface area (Å²) in [5.41, 5.74) is 2.11. The van der Waals surface area contributed by atoms with Gasteiger partial charge in [-0.3, -0.25) is 14.5 Å². The van der Waals surface area contributed by atoms with Crippen LogP contribution in [0.3, 0.4) is 0 Å². The fourth-order valence-electron chi connectivity index (χ4n) is 2.42. The SMILES string of the molecule is Cc1cccc(C(=O)C(=O)N(c2ccccc2)c2ccccc2)n1. The van der Waals surface area contributed by atoms with Gasteiger partial charge >= 0.3 is 5.91 Å². The number of pyridine rings is 1. The van der Waals surface area contributed by atoms with E-state index in [1.165, 1.54) is 4.90 Å². The normalized spacial score (nSPS) is 10.2. The lowest BCUT2D eigenvalue weighted by Crippen LogP contribution is -2.33. The molecule has 0 radical (unpaired) electrons. The van der Waals surface area contributed by atoms with Gasteiger partial charge in [-0.15, -0.1) is 0 Å².